The Kier molecular flexibility index (Phi) is 3.67. The van der Waals surface area contributed by atoms with Crippen molar-refractivity contribution < 1.29 is 4.74 Å². The number of ether oxygens (including phenoxy) is 1. The first-order valence-corrected chi connectivity index (χ1v) is 5.94. The smallest absolute Gasteiger partial charge is 0.125 e. The Morgan fingerprint density at radius 2 is 1.95 bits per heavy atom. The molecule has 4 nitrogen and oxygen atoms in total. The molecule has 0 bridgehead atoms. The van der Waals surface area contributed by atoms with Gasteiger partial charge in [0.1, 0.15) is 18.2 Å². The molecular formula is C15H15N3O. The van der Waals surface area contributed by atoms with Crippen LogP contribution in [0.5, 0.6) is 5.75 Å². The molecule has 2 aromatic rings. The maximum absolute atomic E-state index is 8.90. The number of nitriles is 1. The molecule has 1 aromatic heterocycles. The maximum atomic E-state index is 8.90. The van der Waals surface area contributed by atoms with Gasteiger partial charge >= 0.3 is 0 Å². The third-order valence-electron chi connectivity index (χ3n) is 2.82. The lowest BCUT2D eigenvalue weighted by molar-refractivity contribution is 0.302. The van der Waals surface area contributed by atoms with Crippen molar-refractivity contribution in [3.63, 3.8) is 0 Å². The van der Waals surface area contributed by atoms with E-state index in [1.807, 2.05) is 32.0 Å². The highest BCUT2D eigenvalue weighted by atomic mass is 16.5. The molecule has 0 aliphatic carbocycles. The van der Waals surface area contributed by atoms with Crippen molar-refractivity contribution in [2.24, 2.45) is 0 Å². The lowest BCUT2D eigenvalue weighted by Gasteiger charge is -2.12. The fourth-order valence-electron chi connectivity index (χ4n) is 1.98. The molecule has 1 aromatic carbocycles. The van der Waals surface area contributed by atoms with E-state index < -0.39 is 0 Å². The van der Waals surface area contributed by atoms with Gasteiger partial charge in [-0.3, -0.25) is 0 Å². The van der Waals surface area contributed by atoms with Gasteiger partial charge in [0.25, 0.3) is 0 Å². The third kappa shape index (κ3) is 3.02. The second kappa shape index (κ2) is 5.40. The van der Waals surface area contributed by atoms with E-state index in [1.54, 1.807) is 12.3 Å². The number of hydrogen-bond acceptors (Lipinski definition) is 4. The van der Waals surface area contributed by atoms with Crippen LogP contribution in [0.2, 0.25) is 0 Å². The normalized spacial score (nSPS) is 9.95. The topological polar surface area (TPSA) is 71.9 Å². The van der Waals surface area contributed by atoms with E-state index in [2.05, 4.69) is 11.1 Å². The number of anilines is 1. The van der Waals surface area contributed by atoms with Crippen LogP contribution >= 0.6 is 0 Å². The fraction of sp³-hybridized carbons (Fsp3) is 0.200. The monoisotopic (exact) mass is 253 g/mol. The van der Waals surface area contributed by atoms with Crippen LogP contribution in [0.25, 0.3) is 0 Å². The molecule has 4 heteroatoms. The van der Waals surface area contributed by atoms with E-state index in [-0.39, 0.29) is 0 Å². The Hall–Kier alpha value is -2.54. The average Bonchev–Trinajstić information content (AvgIpc) is 2.37. The second-order valence-electron chi connectivity index (χ2n) is 4.43. The Balaban J connectivity index is 2.18. The van der Waals surface area contributed by atoms with Gasteiger partial charge in [0, 0.05) is 6.20 Å². The van der Waals surface area contributed by atoms with Gasteiger partial charge in [0.15, 0.2) is 0 Å². The summed E-state index contributed by atoms with van der Waals surface area (Å²) >= 11 is 0. The average molecular weight is 253 g/mol. The molecule has 1 heterocycles. The molecule has 0 amide bonds. The number of nitrogen functional groups attached to an aromatic ring is 1. The van der Waals surface area contributed by atoms with Crippen molar-refractivity contribution in [3.05, 3.63) is 52.7 Å². The summed E-state index contributed by atoms with van der Waals surface area (Å²) in [6.07, 6.45) is 1.66. The van der Waals surface area contributed by atoms with Gasteiger partial charge in [-0.2, -0.15) is 5.26 Å². The first-order valence-electron chi connectivity index (χ1n) is 5.94. The summed E-state index contributed by atoms with van der Waals surface area (Å²) in [6, 6.07) is 9.43. The third-order valence-corrected chi connectivity index (χ3v) is 2.82. The molecule has 2 rings (SSSR count). The Labute approximate surface area is 112 Å². The Morgan fingerprint density at radius 3 is 2.53 bits per heavy atom. The SMILES string of the molecule is Cc1cc(C#N)cc(C)c1OCc1ccnc(N)c1. The Bertz CT molecular complexity index is 621. The molecule has 0 spiro atoms. The van der Waals surface area contributed by atoms with Crippen LogP contribution in [-0.4, -0.2) is 4.98 Å². The first-order chi connectivity index (χ1) is 9.10. The molecule has 0 atom stereocenters. The van der Waals surface area contributed by atoms with Crippen molar-refractivity contribution in [1.29, 1.82) is 5.26 Å². The van der Waals surface area contributed by atoms with Gasteiger partial charge in [-0.05, 0) is 54.8 Å². The number of hydrogen-bond donors (Lipinski definition) is 1. The summed E-state index contributed by atoms with van der Waals surface area (Å²) in [5.74, 6) is 1.30. The summed E-state index contributed by atoms with van der Waals surface area (Å²) in [6.45, 7) is 4.30. The highest BCUT2D eigenvalue weighted by molar-refractivity contribution is 5.47. The predicted molar refractivity (Wildman–Crippen MR) is 73.6 cm³/mol. The maximum Gasteiger partial charge on any atom is 0.125 e. The molecule has 0 saturated carbocycles. The molecule has 0 aliphatic heterocycles. The van der Waals surface area contributed by atoms with Crippen LogP contribution in [0.15, 0.2) is 30.5 Å². The first kappa shape index (κ1) is 12.9. The summed E-state index contributed by atoms with van der Waals surface area (Å²) in [4.78, 5) is 3.94. The van der Waals surface area contributed by atoms with Crippen molar-refractivity contribution in [3.8, 4) is 11.8 Å². The minimum absolute atomic E-state index is 0.431. The number of aromatic nitrogens is 1. The largest absolute Gasteiger partial charge is 0.488 e. The van der Waals surface area contributed by atoms with Crippen molar-refractivity contribution in [2.75, 3.05) is 5.73 Å². The Morgan fingerprint density at radius 1 is 1.26 bits per heavy atom. The predicted octanol–water partition coefficient (Wildman–Crippen LogP) is 2.73. The highest BCUT2D eigenvalue weighted by Crippen LogP contribution is 2.25. The van der Waals surface area contributed by atoms with Gasteiger partial charge in [-0.1, -0.05) is 0 Å². The van der Waals surface area contributed by atoms with E-state index in [4.69, 9.17) is 15.7 Å². The molecule has 96 valence electrons. The van der Waals surface area contributed by atoms with Gasteiger partial charge in [-0.25, -0.2) is 4.98 Å². The van der Waals surface area contributed by atoms with Crippen LogP contribution < -0.4 is 10.5 Å². The van der Waals surface area contributed by atoms with E-state index in [0.29, 0.717) is 18.0 Å². The zero-order chi connectivity index (χ0) is 13.8. The van der Waals surface area contributed by atoms with Crippen LogP contribution in [0.1, 0.15) is 22.3 Å². The van der Waals surface area contributed by atoms with Crippen molar-refractivity contribution >= 4 is 5.82 Å². The number of pyridine rings is 1. The van der Waals surface area contributed by atoms with Crippen LogP contribution in [-0.2, 0) is 6.61 Å². The van der Waals surface area contributed by atoms with E-state index in [0.717, 1.165) is 22.4 Å². The molecule has 0 unspecified atom stereocenters. The molecule has 0 aliphatic rings. The fourth-order valence-corrected chi connectivity index (χ4v) is 1.98. The van der Waals surface area contributed by atoms with Crippen molar-refractivity contribution in [1.82, 2.24) is 4.98 Å². The minimum Gasteiger partial charge on any atom is -0.488 e. The summed E-state index contributed by atoms with van der Waals surface area (Å²) in [5.41, 5.74) is 9.15. The van der Waals surface area contributed by atoms with Crippen LogP contribution in [0.3, 0.4) is 0 Å². The molecule has 2 N–H and O–H groups in total. The van der Waals surface area contributed by atoms with Gasteiger partial charge in [0.05, 0.1) is 11.6 Å². The van der Waals surface area contributed by atoms with E-state index in [1.165, 1.54) is 0 Å². The lowest BCUT2D eigenvalue weighted by Crippen LogP contribution is -2.01. The lowest BCUT2D eigenvalue weighted by atomic mass is 10.1. The zero-order valence-corrected chi connectivity index (χ0v) is 11.0. The highest BCUT2D eigenvalue weighted by Gasteiger charge is 2.07. The van der Waals surface area contributed by atoms with E-state index in [9.17, 15) is 0 Å². The summed E-state index contributed by atoms with van der Waals surface area (Å²) in [7, 11) is 0. The van der Waals surface area contributed by atoms with Crippen molar-refractivity contribution in [2.45, 2.75) is 20.5 Å². The molecular weight excluding hydrogens is 238 g/mol. The van der Waals surface area contributed by atoms with Gasteiger partial charge in [0.2, 0.25) is 0 Å². The zero-order valence-electron chi connectivity index (χ0n) is 11.0. The standard InChI is InChI=1S/C15H15N3O/c1-10-5-13(8-16)6-11(2)15(10)19-9-12-3-4-18-14(17)7-12/h3-7H,9H2,1-2H3,(H2,17,18). The number of rotatable bonds is 3. The summed E-state index contributed by atoms with van der Waals surface area (Å²) < 4.78 is 5.82. The second-order valence-corrected chi connectivity index (χ2v) is 4.43. The minimum atomic E-state index is 0.431. The molecule has 19 heavy (non-hydrogen) atoms. The van der Waals surface area contributed by atoms with Crippen LogP contribution in [0.4, 0.5) is 5.82 Å². The number of benzene rings is 1. The van der Waals surface area contributed by atoms with Gasteiger partial charge < -0.3 is 10.5 Å². The number of nitrogens with two attached hydrogens (primary N) is 1. The van der Waals surface area contributed by atoms with E-state index >= 15 is 0 Å². The molecule has 0 radical (unpaired) electrons. The number of aryl methyl sites for hydroxylation is 2. The quantitative estimate of drug-likeness (QED) is 0.912. The van der Waals surface area contributed by atoms with Gasteiger partial charge in [-0.15, -0.1) is 0 Å². The molecule has 0 saturated heterocycles. The molecule has 0 fully saturated rings. The van der Waals surface area contributed by atoms with Crippen LogP contribution in [0, 0.1) is 25.2 Å². The number of nitrogens with zero attached hydrogens (tertiary/aromatic N) is 2. The summed E-state index contributed by atoms with van der Waals surface area (Å²) in [5, 5.41) is 8.90.